The van der Waals surface area contributed by atoms with Gasteiger partial charge in [0.15, 0.2) is 0 Å². The average molecular weight is 682 g/mol. The van der Waals surface area contributed by atoms with Gasteiger partial charge < -0.3 is 15.1 Å². The molecule has 0 saturated carbocycles. The van der Waals surface area contributed by atoms with Crippen LogP contribution in [0.2, 0.25) is 5.02 Å². The van der Waals surface area contributed by atoms with E-state index in [1.165, 1.54) is 5.56 Å². The first kappa shape index (κ1) is 35.3. The highest BCUT2D eigenvalue weighted by atomic mass is 35.5. The van der Waals surface area contributed by atoms with E-state index in [2.05, 4.69) is 137 Å². The Kier molecular flexibility index (Phi) is 12.6. The lowest BCUT2D eigenvalue weighted by atomic mass is 9.77. The van der Waals surface area contributed by atoms with E-state index in [0.29, 0.717) is 0 Å². The fraction of sp³-hybridized carbons (Fsp3) is 0.273. The summed E-state index contributed by atoms with van der Waals surface area (Å²) in [5.74, 6) is 0.268. The van der Waals surface area contributed by atoms with Gasteiger partial charge in [-0.3, -0.25) is 9.98 Å². The summed E-state index contributed by atoms with van der Waals surface area (Å²) in [5, 5.41) is 4.19. The molecule has 1 atom stereocenters. The molecule has 0 radical (unpaired) electrons. The second-order valence-corrected chi connectivity index (χ2v) is 13.5. The molecule has 6 heteroatoms. The lowest BCUT2D eigenvalue weighted by Gasteiger charge is -2.35. The maximum Gasteiger partial charge on any atom is 0.137 e. The van der Waals surface area contributed by atoms with Crippen molar-refractivity contribution >= 4 is 17.9 Å². The lowest BCUT2D eigenvalue weighted by molar-refractivity contribution is 0.129. The quantitative estimate of drug-likeness (QED) is 0.0488. The van der Waals surface area contributed by atoms with Crippen molar-refractivity contribution in [3.63, 3.8) is 0 Å². The number of nitrogens with zero attached hydrogens (tertiary/aromatic N) is 4. The predicted octanol–water partition coefficient (Wildman–Crippen LogP) is 9.17. The van der Waals surface area contributed by atoms with Gasteiger partial charge in [0.2, 0.25) is 0 Å². The number of piperazine rings is 1. The number of unbranched alkanes of at least 4 members (excludes halogenated alkanes) is 1. The summed E-state index contributed by atoms with van der Waals surface area (Å²) in [7, 11) is 0. The SMILES string of the molecule is C=C(CCCCN1CCN(CCC(c2ccc(Cl)cc2)c2ccccn2)CC1)NC=NC(c1ccccc1)(c1ccccc1)c1ccccc1. The van der Waals surface area contributed by atoms with Crippen molar-refractivity contribution < 1.29 is 0 Å². The second kappa shape index (κ2) is 17.9. The molecule has 0 amide bonds. The van der Waals surface area contributed by atoms with Crippen LogP contribution in [0.5, 0.6) is 0 Å². The normalized spacial score (nSPS) is 14.8. The fourth-order valence-corrected chi connectivity index (χ4v) is 7.16. The predicted molar refractivity (Wildman–Crippen MR) is 209 cm³/mol. The average Bonchev–Trinajstić information content (AvgIpc) is 3.18. The van der Waals surface area contributed by atoms with Crippen LogP contribution < -0.4 is 5.32 Å². The van der Waals surface area contributed by atoms with Gasteiger partial charge in [0.05, 0.1) is 6.34 Å². The van der Waals surface area contributed by atoms with Crippen molar-refractivity contribution in [2.45, 2.75) is 37.1 Å². The third-order valence-electron chi connectivity index (χ3n) is 9.82. The molecule has 1 aliphatic rings. The third kappa shape index (κ3) is 9.16. The van der Waals surface area contributed by atoms with Gasteiger partial charge in [0.1, 0.15) is 5.54 Å². The number of aromatic nitrogens is 1. The van der Waals surface area contributed by atoms with E-state index in [4.69, 9.17) is 21.6 Å². The fourth-order valence-electron chi connectivity index (χ4n) is 7.04. The number of benzene rings is 4. The van der Waals surface area contributed by atoms with Crippen LogP contribution in [0.4, 0.5) is 0 Å². The van der Waals surface area contributed by atoms with Crippen molar-refractivity contribution in [1.82, 2.24) is 20.1 Å². The first-order chi connectivity index (χ1) is 24.6. The molecule has 0 aliphatic carbocycles. The number of allylic oxidation sites excluding steroid dienone is 1. The first-order valence-electron chi connectivity index (χ1n) is 17.9. The molecule has 0 bridgehead atoms. The smallest absolute Gasteiger partial charge is 0.137 e. The summed E-state index contributed by atoms with van der Waals surface area (Å²) >= 11 is 6.19. The van der Waals surface area contributed by atoms with E-state index >= 15 is 0 Å². The zero-order valence-electron chi connectivity index (χ0n) is 28.9. The van der Waals surface area contributed by atoms with Gasteiger partial charge in [0, 0.05) is 54.7 Å². The molecule has 1 aromatic heterocycles. The Bertz CT molecular complexity index is 1660. The molecule has 1 fully saturated rings. The zero-order chi connectivity index (χ0) is 34.4. The van der Waals surface area contributed by atoms with E-state index in [-0.39, 0.29) is 5.92 Å². The highest BCUT2D eigenvalue weighted by Gasteiger charge is 2.35. The largest absolute Gasteiger partial charge is 0.351 e. The van der Waals surface area contributed by atoms with Gasteiger partial charge in [-0.1, -0.05) is 127 Å². The topological polar surface area (TPSA) is 43.8 Å². The molecule has 256 valence electrons. The van der Waals surface area contributed by atoms with Crippen molar-refractivity contribution in [3.05, 3.63) is 185 Å². The van der Waals surface area contributed by atoms with Gasteiger partial charge >= 0.3 is 0 Å². The standard InChI is InChI=1S/C44H48ClN5/c1-36(47-35-48-44(38-16-5-2-6-17-38,39-18-7-3-8-19-39)40-20-9-4-10-21-40)15-12-14-29-49-31-33-50(34-32-49)30-27-42(43-22-11-13-28-46-43)37-23-25-41(45)26-24-37/h2-11,13,16-26,28,35,42H,1,12,14-15,27,29-34H2,(H,47,48). The van der Waals surface area contributed by atoms with Crippen LogP contribution in [-0.2, 0) is 5.54 Å². The molecule has 2 heterocycles. The van der Waals surface area contributed by atoms with E-state index in [9.17, 15) is 0 Å². The van der Waals surface area contributed by atoms with Crippen LogP contribution in [0.3, 0.4) is 0 Å². The molecule has 1 saturated heterocycles. The van der Waals surface area contributed by atoms with Crippen LogP contribution in [-0.4, -0.2) is 60.4 Å². The number of hydrogen-bond donors (Lipinski definition) is 1. The molecule has 1 N–H and O–H groups in total. The molecule has 1 aliphatic heterocycles. The molecule has 1 unspecified atom stereocenters. The number of nitrogens with one attached hydrogen (secondary N) is 1. The molecule has 6 rings (SSSR count). The van der Waals surface area contributed by atoms with E-state index in [1.54, 1.807) is 0 Å². The first-order valence-corrected chi connectivity index (χ1v) is 18.3. The highest BCUT2D eigenvalue weighted by Crippen LogP contribution is 2.40. The highest BCUT2D eigenvalue weighted by molar-refractivity contribution is 6.30. The van der Waals surface area contributed by atoms with Gasteiger partial charge in [-0.2, -0.15) is 0 Å². The van der Waals surface area contributed by atoms with Crippen molar-refractivity contribution in [2.24, 2.45) is 4.99 Å². The van der Waals surface area contributed by atoms with Crippen LogP contribution in [0, 0.1) is 0 Å². The monoisotopic (exact) mass is 681 g/mol. The van der Waals surface area contributed by atoms with Crippen LogP contribution in [0.15, 0.2) is 157 Å². The molecule has 4 aromatic carbocycles. The number of rotatable bonds is 16. The minimum atomic E-state index is -0.672. The molecule has 50 heavy (non-hydrogen) atoms. The number of pyridine rings is 1. The van der Waals surface area contributed by atoms with Crippen molar-refractivity contribution in [3.8, 4) is 0 Å². The van der Waals surface area contributed by atoms with Crippen LogP contribution in [0.25, 0.3) is 0 Å². The summed E-state index contributed by atoms with van der Waals surface area (Å²) in [4.78, 5) is 15.2. The van der Waals surface area contributed by atoms with Crippen molar-refractivity contribution in [2.75, 3.05) is 39.3 Å². The minimum absolute atomic E-state index is 0.268. The summed E-state index contributed by atoms with van der Waals surface area (Å²) in [6, 6.07) is 46.1. The third-order valence-corrected chi connectivity index (χ3v) is 10.1. The maximum atomic E-state index is 6.19. The van der Waals surface area contributed by atoms with Gasteiger partial charge in [-0.15, -0.1) is 0 Å². The number of halogens is 1. The Morgan fingerprint density at radius 3 is 1.80 bits per heavy atom. The molecular formula is C44H48ClN5. The summed E-state index contributed by atoms with van der Waals surface area (Å²) in [6.07, 6.45) is 7.94. The van der Waals surface area contributed by atoms with Gasteiger partial charge in [-0.25, -0.2) is 0 Å². The van der Waals surface area contributed by atoms with E-state index in [0.717, 1.165) is 98.1 Å². The molecule has 0 spiro atoms. The minimum Gasteiger partial charge on any atom is -0.351 e. The van der Waals surface area contributed by atoms with E-state index < -0.39 is 5.54 Å². The maximum absolute atomic E-state index is 6.19. The van der Waals surface area contributed by atoms with Crippen molar-refractivity contribution in [1.29, 1.82) is 0 Å². The Labute approximate surface area is 303 Å². The van der Waals surface area contributed by atoms with Gasteiger partial charge in [-0.05, 0) is 85.3 Å². The van der Waals surface area contributed by atoms with E-state index in [1.807, 2.05) is 30.7 Å². The number of hydrogen-bond acceptors (Lipinski definition) is 4. The molecule has 5 nitrogen and oxygen atoms in total. The summed E-state index contributed by atoms with van der Waals surface area (Å²) in [5.41, 5.74) is 6.08. The molecular weight excluding hydrogens is 634 g/mol. The summed E-state index contributed by atoms with van der Waals surface area (Å²) in [6.45, 7) is 10.9. The Hall–Kier alpha value is -4.55. The Morgan fingerprint density at radius 2 is 1.26 bits per heavy atom. The van der Waals surface area contributed by atoms with Gasteiger partial charge in [0.25, 0.3) is 0 Å². The summed E-state index contributed by atoms with van der Waals surface area (Å²) < 4.78 is 0. The Balaban J connectivity index is 0.969. The second-order valence-electron chi connectivity index (χ2n) is 13.1. The Morgan fingerprint density at radius 1 is 0.720 bits per heavy atom. The molecule has 5 aromatic rings. The number of aliphatic imine (C=N–C) groups is 1. The van der Waals surface area contributed by atoms with Crippen LogP contribution in [0.1, 0.15) is 59.5 Å². The lowest BCUT2D eigenvalue weighted by Crippen LogP contribution is -2.46. The zero-order valence-corrected chi connectivity index (χ0v) is 29.6. The van der Waals surface area contributed by atoms with Crippen LogP contribution >= 0.6 is 11.6 Å².